The molecule has 1 N–H and O–H groups in total. The molecule has 0 amide bonds. The molecule has 6 nitrogen and oxygen atoms in total. The van der Waals surface area contributed by atoms with E-state index in [4.69, 9.17) is 14.7 Å². The fraction of sp³-hybridized carbons (Fsp3) is 0.300. The van der Waals surface area contributed by atoms with Crippen LogP contribution in [0.3, 0.4) is 0 Å². The Kier molecular flexibility index (Phi) is 8.02. The van der Waals surface area contributed by atoms with Crippen LogP contribution < -0.4 is 5.32 Å². The standard InChI is InChI=1S/C30H32N4O2Se/c1-3-4-8-19-34-26-17-16-22(29(35)36-2)20-25(26)32-28(34)23-14-9-15-24-27(23)37-30(33-24)31-18-10-13-21-11-6-5-7-12-21/h5-7,9,11-12,14-17,20H,3-4,8,10,13,18-19H2,1-2H3,(H,31,33). The van der Waals surface area contributed by atoms with Crippen molar-refractivity contribution >= 4 is 46.0 Å². The van der Waals surface area contributed by atoms with Gasteiger partial charge in [-0.05, 0) is 0 Å². The van der Waals surface area contributed by atoms with E-state index in [0.717, 1.165) is 77.8 Å². The van der Waals surface area contributed by atoms with Crippen LogP contribution in [0.15, 0.2) is 66.7 Å². The van der Waals surface area contributed by atoms with Crippen LogP contribution in [0.2, 0.25) is 0 Å². The maximum atomic E-state index is 12.1. The molecular formula is C30H32N4O2Se. The molecule has 0 radical (unpaired) electrons. The van der Waals surface area contributed by atoms with Gasteiger partial charge >= 0.3 is 224 Å². The van der Waals surface area contributed by atoms with Gasteiger partial charge in [0.2, 0.25) is 0 Å². The van der Waals surface area contributed by atoms with Crippen molar-refractivity contribution in [2.75, 3.05) is 19.0 Å². The summed E-state index contributed by atoms with van der Waals surface area (Å²) >= 11 is 0.0855. The number of esters is 1. The van der Waals surface area contributed by atoms with E-state index in [1.807, 2.05) is 18.2 Å². The maximum absolute atomic E-state index is 12.1. The number of carbonyl (C=O) groups is 1. The second-order valence-corrected chi connectivity index (χ2v) is 11.3. The average molecular weight is 560 g/mol. The van der Waals surface area contributed by atoms with Crippen molar-refractivity contribution in [1.29, 1.82) is 0 Å². The van der Waals surface area contributed by atoms with Gasteiger partial charge in [0, 0.05) is 0 Å². The molecule has 0 aliphatic rings. The summed E-state index contributed by atoms with van der Waals surface area (Å²) in [4.78, 5) is 22.1. The summed E-state index contributed by atoms with van der Waals surface area (Å²) in [6.07, 6.45) is 5.53. The van der Waals surface area contributed by atoms with Gasteiger partial charge in [-0.15, -0.1) is 0 Å². The topological polar surface area (TPSA) is 69.0 Å². The number of hydrogen-bond acceptors (Lipinski definition) is 5. The summed E-state index contributed by atoms with van der Waals surface area (Å²) < 4.78 is 9.58. The minimum absolute atomic E-state index is 0.0855. The van der Waals surface area contributed by atoms with Gasteiger partial charge in [-0.2, -0.15) is 0 Å². The van der Waals surface area contributed by atoms with Crippen molar-refractivity contribution in [3.63, 3.8) is 0 Å². The predicted molar refractivity (Wildman–Crippen MR) is 152 cm³/mol. The summed E-state index contributed by atoms with van der Waals surface area (Å²) in [5.41, 5.74) is 5.92. The second kappa shape index (κ2) is 11.8. The molecule has 5 rings (SSSR count). The van der Waals surface area contributed by atoms with Gasteiger partial charge in [-0.25, -0.2) is 0 Å². The number of hydrogen-bond donors (Lipinski definition) is 1. The number of rotatable bonds is 11. The quantitative estimate of drug-likeness (QED) is 0.116. The molecule has 0 aliphatic carbocycles. The minimum atomic E-state index is -0.343. The number of anilines is 1. The molecule has 0 aliphatic heterocycles. The first-order valence-corrected chi connectivity index (χ1v) is 14.7. The molecule has 190 valence electrons. The van der Waals surface area contributed by atoms with Gasteiger partial charge in [0.15, 0.2) is 0 Å². The van der Waals surface area contributed by atoms with Gasteiger partial charge < -0.3 is 0 Å². The van der Waals surface area contributed by atoms with E-state index in [-0.39, 0.29) is 20.5 Å². The molecule has 0 spiro atoms. The van der Waals surface area contributed by atoms with E-state index in [2.05, 4.69) is 65.3 Å². The van der Waals surface area contributed by atoms with Crippen LogP contribution in [-0.2, 0) is 17.7 Å². The molecule has 0 saturated heterocycles. The Morgan fingerprint density at radius 2 is 1.84 bits per heavy atom. The summed E-state index contributed by atoms with van der Waals surface area (Å²) in [5.74, 6) is 0.608. The number of fused-ring (bicyclic) bond motifs is 2. The van der Waals surface area contributed by atoms with E-state index in [9.17, 15) is 4.79 Å². The Balaban J connectivity index is 1.45. The van der Waals surface area contributed by atoms with Crippen molar-refractivity contribution in [2.45, 2.75) is 45.6 Å². The van der Waals surface area contributed by atoms with Crippen LogP contribution in [0.4, 0.5) is 4.69 Å². The number of ether oxygens (including phenoxy) is 1. The number of benzene rings is 3. The number of nitrogens with one attached hydrogen (secondary N) is 1. The first-order valence-electron chi connectivity index (χ1n) is 12.9. The zero-order valence-electron chi connectivity index (χ0n) is 21.4. The van der Waals surface area contributed by atoms with E-state index in [1.54, 1.807) is 0 Å². The summed E-state index contributed by atoms with van der Waals surface area (Å²) in [7, 11) is 1.41. The Hall–Kier alpha value is -3.41. The molecule has 7 heteroatoms. The van der Waals surface area contributed by atoms with Crippen LogP contribution in [0.25, 0.3) is 32.2 Å². The van der Waals surface area contributed by atoms with Gasteiger partial charge in [0.25, 0.3) is 0 Å². The molecule has 2 heterocycles. The summed E-state index contributed by atoms with van der Waals surface area (Å²) in [6, 6.07) is 22.6. The summed E-state index contributed by atoms with van der Waals surface area (Å²) in [6.45, 7) is 4.01. The molecule has 37 heavy (non-hydrogen) atoms. The van der Waals surface area contributed by atoms with Gasteiger partial charge in [0.05, 0.1) is 0 Å². The SMILES string of the molecule is CCCCCn1c(-c2cccc3nc(NCCCc4ccccc4)[se]c23)nc2cc(C(=O)OC)ccc21. The summed E-state index contributed by atoms with van der Waals surface area (Å²) in [5, 5.41) is 3.59. The molecule has 2 aromatic heterocycles. The number of carbonyl (C=O) groups excluding carboxylic acids is 1. The molecule has 0 saturated carbocycles. The van der Waals surface area contributed by atoms with Crippen molar-refractivity contribution in [3.8, 4) is 11.4 Å². The predicted octanol–water partition coefficient (Wildman–Crippen LogP) is 6.33. The number of imidazole rings is 1. The fourth-order valence-corrected chi connectivity index (χ4v) is 6.76. The molecule has 0 atom stereocenters. The zero-order chi connectivity index (χ0) is 25.6. The van der Waals surface area contributed by atoms with Crippen molar-refractivity contribution in [1.82, 2.24) is 14.5 Å². The van der Waals surface area contributed by atoms with Crippen molar-refractivity contribution < 1.29 is 9.53 Å². The number of aryl methyl sites for hydroxylation is 2. The van der Waals surface area contributed by atoms with Crippen LogP contribution in [-0.4, -0.2) is 48.7 Å². The molecule has 0 bridgehead atoms. The van der Waals surface area contributed by atoms with Crippen LogP contribution in [0.1, 0.15) is 48.5 Å². The average Bonchev–Trinajstić information content (AvgIpc) is 3.52. The molecule has 0 fully saturated rings. The van der Waals surface area contributed by atoms with Crippen LogP contribution in [0, 0.1) is 0 Å². The van der Waals surface area contributed by atoms with Gasteiger partial charge in [0.1, 0.15) is 0 Å². The third-order valence-corrected chi connectivity index (χ3v) is 8.80. The Bertz CT molecular complexity index is 1510. The third kappa shape index (κ3) is 5.63. The Labute approximate surface area is 223 Å². The zero-order valence-corrected chi connectivity index (χ0v) is 23.1. The second-order valence-electron chi connectivity index (χ2n) is 9.18. The molecule has 3 aromatic carbocycles. The van der Waals surface area contributed by atoms with Gasteiger partial charge in [-0.3, -0.25) is 0 Å². The van der Waals surface area contributed by atoms with E-state index in [0.29, 0.717) is 5.56 Å². The van der Waals surface area contributed by atoms with Crippen molar-refractivity contribution in [3.05, 3.63) is 77.9 Å². The Morgan fingerprint density at radius 3 is 2.65 bits per heavy atom. The molecule has 0 unspecified atom stereocenters. The van der Waals surface area contributed by atoms with Crippen LogP contribution in [0.5, 0.6) is 0 Å². The molecule has 5 aromatic rings. The van der Waals surface area contributed by atoms with Gasteiger partial charge in [-0.1, -0.05) is 0 Å². The first-order chi connectivity index (χ1) is 18.2. The van der Waals surface area contributed by atoms with E-state index in [1.165, 1.54) is 16.9 Å². The number of nitrogens with zero attached hydrogens (tertiary/aromatic N) is 3. The van der Waals surface area contributed by atoms with E-state index < -0.39 is 0 Å². The number of unbranched alkanes of at least 4 members (excludes halogenated alkanes) is 2. The van der Waals surface area contributed by atoms with Crippen molar-refractivity contribution in [2.24, 2.45) is 0 Å². The monoisotopic (exact) mass is 560 g/mol. The van der Waals surface area contributed by atoms with Crippen LogP contribution >= 0.6 is 0 Å². The fourth-order valence-electron chi connectivity index (χ4n) is 4.66. The first kappa shape index (κ1) is 25.2. The normalized spacial score (nSPS) is 11.3. The van der Waals surface area contributed by atoms with E-state index >= 15 is 0 Å². The number of methoxy groups -OCH3 is 1. The Morgan fingerprint density at radius 1 is 0.973 bits per heavy atom. The number of aromatic nitrogens is 3. The third-order valence-electron chi connectivity index (χ3n) is 6.57. The molecular weight excluding hydrogens is 527 g/mol.